The molecule has 0 aliphatic carbocycles. The van der Waals surface area contributed by atoms with Crippen LogP contribution in [-0.4, -0.2) is 24.8 Å². The Bertz CT molecular complexity index is 1340. The zero-order valence-corrected chi connectivity index (χ0v) is 20.5. The molecule has 0 bridgehead atoms. The number of methoxy groups -OCH3 is 1. The molecule has 3 aromatic carbocycles. The summed E-state index contributed by atoms with van der Waals surface area (Å²) in [6.45, 7) is 1.81. The fourth-order valence-corrected chi connectivity index (χ4v) is 3.99. The van der Waals surface area contributed by atoms with E-state index in [9.17, 15) is 14.4 Å². The van der Waals surface area contributed by atoms with E-state index in [1.807, 2.05) is 19.1 Å². The van der Waals surface area contributed by atoms with Crippen LogP contribution in [0.2, 0.25) is 0 Å². The van der Waals surface area contributed by atoms with E-state index in [-0.39, 0.29) is 16.6 Å². The quantitative estimate of drug-likeness (QED) is 0.406. The Balaban J connectivity index is 1.57. The molecule has 34 heavy (non-hydrogen) atoms. The van der Waals surface area contributed by atoms with E-state index in [4.69, 9.17) is 16.3 Å². The molecule has 1 heterocycles. The van der Waals surface area contributed by atoms with Crippen LogP contribution in [0.15, 0.2) is 81.9 Å². The SMILES string of the molecule is COc1ccc(N2C(=O)C(Cl)=C(Nc3cc(C(=O)Nc4cccc(Br)c4)ccc3C)C2=O)cc1. The monoisotopic (exact) mass is 539 g/mol. The number of nitrogens with zero attached hydrogens (tertiary/aromatic N) is 1. The number of hydrogen-bond donors (Lipinski definition) is 2. The van der Waals surface area contributed by atoms with E-state index >= 15 is 0 Å². The molecule has 1 aliphatic heterocycles. The fraction of sp³-hybridized carbons (Fsp3) is 0.0800. The van der Waals surface area contributed by atoms with Gasteiger partial charge in [-0.2, -0.15) is 0 Å². The molecule has 0 fully saturated rings. The maximum atomic E-state index is 13.1. The number of aryl methyl sites for hydroxylation is 1. The zero-order valence-electron chi connectivity index (χ0n) is 18.2. The third kappa shape index (κ3) is 4.69. The summed E-state index contributed by atoms with van der Waals surface area (Å²) in [4.78, 5) is 39.6. The number of imide groups is 1. The molecule has 3 aromatic rings. The zero-order chi connectivity index (χ0) is 24.4. The van der Waals surface area contributed by atoms with Gasteiger partial charge in [-0.3, -0.25) is 14.4 Å². The van der Waals surface area contributed by atoms with Gasteiger partial charge in [0.1, 0.15) is 16.5 Å². The second-order valence-corrected chi connectivity index (χ2v) is 8.75. The largest absolute Gasteiger partial charge is 0.497 e. The van der Waals surface area contributed by atoms with Gasteiger partial charge in [-0.05, 0) is 67.1 Å². The summed E-state index contributed by atoms with van der Waals surface area (Å²) in [5.74, 6) is -0.965. The molecule has 3 amide bonds. The smallest absolute Gasteiger partial charge is 0.283 e. The second-order valence-electron chi connectivity index (χ2n) is 7.45. The predicted octanol–water partition coefficient (Wildman–Crippen LogP) is 5.45. The molecule has 0 aromatic heterocycles. The standard InChI is InChI=1S/C25H19BrClN3O4/c1-14-6-7-15(23(31)28-17-5-3-4-16(26)13-17)12-20(14)29-22-21(27)24(32)30(25(22)33)18-8-10-19(34-2)11-9-18/h3-13,29H,1-2H3,(H,28,31). The van der Waals surface area contributed by atoms with Crippen LogP contribution < -0.4 is 20.3 Å². The number of anilines is 3. The normalized spacial score (nSPS) is 13.4. The first-order valence-corrected chi connectivity index (χ1v) is 11.3. The first-order chi connectivity index (χ1) is 16.3. The maximum Gasteiger partial charge on any atom is 0.283 e. The van der Waals surface area contributed by atoms with E-state index < -0.39 is 11.8 Å². The molecule has 0 saturated heterocycles. The lowest BCUT2D eigenvalue weighted by Gasteiger charge is -2.16. The first-order valence-electron chi connectivity index (χ1n) is 10.2. The average molecular weight is 541 g/mol. The van der Waals surface area contributed by atoms with Crippen LogP contribution in [0, 0.1) is 6.92 Å². The van der Waals surface area contributed by atoms with Gasteiger partial charge >= 0.3 is 0 Å². The molecule has 0 spiro atoms. The van der Waals surface area contributed by atoms with Gasteiger partial charge in [-0.25, -0.2) is 4.90 Å². The number of halogens is 2. The van der Waals surface area contributed by atoms with Crippen molar-refractivity contribution in [2.75, 3.05) is 22.6 Å². The summed E-state index contributed by atoms with van der Waals surface area (Å²) >= 11 is 9.62. The van der Waals surface area contributed by atoms with Crippen LogP contribution in [0.25, 0.3) is 0 Å². The maximum absolute atomic E-state index is 13.1. The third-order valence-electron chi connectivity index (χ3n) is 5.20. The van der Waals surface area contributed by atoms with Crippen molar-refractivity contribution in [1.29, 1.82) is 0 Å². The van der Waals surface area contributed by atoms with Crippen LogP contribution in [0.3, 0.4) is 0 Å². The van der Waals surface area contributed by atoms with Gasteiger partial charge in [0.15, 0.2) is 0 Å². The number of carbonyl (C=O) groups is 3. The van der Waals surface area contributed by atoms with Crippen LogP contribution in [0.1, 0.15) is 15.9 Å². The van der Waals surface area contributed by atoms with E-state index in [0.717, 1.165) is 14.9 Å². The molecular formula is C25H19BrClN3O4. The number of amides is 3. The van der Waals surface area contributed by atoms with Gasteiger partial charge in [-0.1, -0.05) is 39.7 Å². The Morgan fingerprint density at radius 3 is 2.41 bits per heavy atom. The van der Waals surface area contributed by atoms with Gasteiger partial charge in [0.05, 0.1) is 12.8 Å². The van der Waals surface area contributed by atoms with Gasteiger partial charge in [0.2, 0.25) is 0 Å². The predicted molar refractivity (Wildman–Crippen MR) is 135 cm³/mol. The molecule has 4 rings (SSSR count). The highest BCUT2D eigenvalue weighted by Crippen LogP contribution is 2.32. The Morgan fingerprint density at radius 2 is 1.74 bits per heavy atom. The Labute approximate surface area is 209 Å². The molecule has 0 saturated carbocycles. The first kappa shape index (κ1) is 23.5. The molecule has 0 atom stereocenters. The number of nitrogens with one attached hydrogen (secondary N) is 2. The molecule has 2 N–H and O–H groups in total. The van der Waals surface area contributed by atoms with Gasteiger partial charge in [-0.15, -0.1) is 0 Å². The van der Waals surface area contributed by atoms with Crippen LogP contribution >= 0.6 is 27.5 Å². The van der Waals surface area contributed by atoms with Crippen LogP contribution in [-0.2, 0) is 9.59 Å². The highest BCUT2D eigenvalue weighted by Gasteiger charge is 2.39. The summed E-state index contributed by atoms with van der Waals surface area (Å²) in [6.07, 6.45) is 0. The Morgan fingerprint density at radius 1 is 1.00 bits per heavy atom. The van der Waals surface area contributed by atoms with Crippen LogP contribution in [0.5, 0.6) is 5.75 Å². The molecule has 0 unspecified atom stereocenters. The van der Waals surface area contributed by atoms with Crippen molar-refractivity contribution in [3.8, 4) is 5.75 Å². The van der Waals surface area contributed by atoms with Gasteiger partial charge in [0, 0.05) is 21.4 Å². The van der Waals surface area contributed by atoms with Crippen molar-refractivity contribution in [3.05, 3.63) is 93.1 Å². The molecule has 1 aliphatic rings. The molecular weight excluding hydrogens is 522 g/mol. The van der Waals surface area contributed by atoms with E-state index in [1.54, 1.807) is 54.6 Å². The minimum Gasteiger partial charge on any atom is -0.497 e. The minimum atomic E-state index is -0.638. The van der Waals surface area contributed by atoms with Crippen molar-refractivity contribution >= 4 is 62.3 Å². The number of hydrogen-bond acceptors (Lipinski definition) is 5. The summed E-state index contributed by atoms with van der Waals surface area (Å²) in [5.41, 5.74) is 2.55. The highest BCUT2D eigenvalue weighted by atomic mass is 79.9. The lowest BCUT2D eigenvalue weighted by Crippen LogP contribution is -2.32. The highest BCUT2D eigenvalue weighted by molar-refractivity contribution is 9.10. The Hall–Kier alpha value is -3.62. The van der Waals surface area contributed by atoms with Crippen molar-refractivity contribution in [3.63, 3.8) is 0 Å². The molecule has 0 radical (unpaired) electrons. The molecule has 7 nitrogen and oxygen atoms in total. The topological polar surface area (TPSA) is 87.7 Å². The summed E-state index contributed by atoms with van der Waals surface area (Å²) < 4.78 is 5.96. The third-order valence-corrected chi connectivity index (χ3v) is 6.04. The summed E-state index contributed by atoms with van der Waals surface area (Å²) in [7, 11) is 1.52. The average Bonchev–Trinajstić information content (AvgIpc) is 3.03. The molecule has 172 valence electrons. The molecule has 9 heteroatoms. The van der Waals surface area contributed by atoms with Crippen molar-refractivity contribution in [1.82, 2.24) is 0 Å². The lowest BCUT2D eigenvalue weighted by atomic mass is 10.1. The van der Waals surface area contributed by atoms with Crippen molar-refractivity contribution in [2.45, 2.75) is 6.92 Å². The number of benzene rings is 3. The fourth-order valence-electron chi connectivity index (χ4n) is 3.38. The van der Waals surface area contributed by atoms with Crippen molar-refractivity contribution in [2.24, 2.45) is 0 Å². The van der Waals surface area contributed by atoms with Gasteiger partial charge in [0.25, 0.3) is 17.7 Å². The summed E-state index contributed by atoms with van der Waals surface area (Å²) in [5, 5.41) is 5.55. The van der Waals surface area contributed by atoms with E-state index in [1.165, 1.54) is 7.11 Å². The number of ether oxygens (including phenoxy) is 1. The van der Waals surface area contributed by atoms with Gasteiger partial charge < -0.3 is 15.4 Å². The van der Waals surface area contributed by atoms with E-state index in [2.05, 4.69) is 26.6 Å². The van der Waals surface area contributed by atoms with E-state index in [0.29, 0.717) is 28.4 Å². The lowest BCUT2D eigenvalue weighted by molar-refractivity contribution is -0.120. The Kier molecular flexibility index (Phi) is 6.72. The minimum absolute atomic E-state index is 0.0601. The number of rotatable bonds is 6. The van der Waals surface area contributed by atoms with Crippen molar-refractivity contribution < 1.29 is 19.1 Å². The second kappa shape index (κ2) is 9.70. The summed E-state index contributed by atoms with van der Waals surface area (Å²) in [6, 6.07) is 18.7. The van der Waals surface area contributed by atoms with Crippen LogP contribution in [0.4, 0.5) is 17.1 Å². The number of carbonyl (C=O) groups excluding carboxylic acids is 3.